The minimum absolute atomic E-state index is 0.0319. The van der Waals surface area contributed by atoms with Gasteiger partial charge in [0.1, 0.15) is 5.75 Å². The smallest absolute Gasteiger partial charge is 0.224 e. The molecule has 1 aromatic rings. The Hall–Kier alpha value is -1.55. The second-order valence-electron chi connectivity index (χ2n) is 5.07. The summed E-state index contributed by atoms with van der Waals surface area (Å²) in [6.07, 6.45) is 1.03. The molecule has 1 amide bonds. The number of rotatable bonds is 7. The number of aliphatic hydroxyl groups excluding tert-OH is 1. The van der Waals surface area contributed by atoms with Gasteiger partial charge in [-0.1, -0.05) is 32.0 Å². The highest BCUT2D eigenvalue weighted by Crippen LogP contribution is 2.17. The average Bonchev–Trinajstić information content (AvgIpc) is 2.38. The Morgan fingerprint density at radius 3 is 2.63 bits per heavy atom. The van der Waals surface area contributed by atoms with Crippen LogP contribution in [-0.4, -0.2) is 30.8 Å². The van der Waals surface area contributed by atoms with Gasteiger partial charge in [0.2, 0.25) is 5.91 Å². The monoisotopic (exact) mass is 265 g/mol. The summed E-state index contributed by atoms with van der Waals surface area (Å²) < 4.78 is 5.21. The van der Waals surface area contributed by atoms with Crippen LogP contribution in [0, 0.1) is 5.92 Å². The highest BCUT2D eigenvalue weighted by Gasteiger charge is 2.14. The molecule has 0 radical (unpaired) electrons. The van der Waals surface area contributed by atoms with Crippen molar-refractivity contribution in [2.75, 3.05) is 13.7 Å². The van der Waals surface area contributed by atoms with Crippen molar-refractivity contribution in [3.63, 3.8) is 0 Å². The third-order valence-electron chi connectivity index (χ3n) is 2.88. The second-order valence-corrected chi connectivity index (χ2v) is 5.07. The predicted octanol–water partition coefficient (Wildman–Crippen LogP) is 1.76. The maximum atomic E-state index is 12.0. The Labute approximate surface area is 114 Å². The molecule has 0 aliphatic heterocycles. The molecule has 19 heavy (non-hydrogen) atoms. The maximum absolute atomic E-state index is 12.0. The van der Waals surface area contributed by atoms with E-state index in [1.54, 1.807) is 7.11 Å². The lowest BCUT2D eigenvalue weighted by molar-refractivity contribution is -0.121. The number of para-hydroxylation sites is 1. The molecule has 0 saturated carbocycles. The number of methoxy groups -OCH3 is 1. The van der Waals surface area contributed by atoms with Gasteiger partial charge < -0.3 is 15.2 Å². The number of hydrogen-bond acceptors (Lipinski definition) is 3. The summed E-state index contributed by atoms with van der Waals surface area (Å²) in [5, 5.41) is 12.1. The predicted molar refractivity (Wildman–Crippen MR) is 75.2 cm³/mol. The lowest BCUT2D eigenvalue weighted by Gasteiger charge is -2.18. The fourth-order valence-electron chi connectivity index (χ4n) is 2.05. The fraction of sp³-hybridized carbons (Fsp3) is 0.533. The first-order chi connectivity index (χ1) is 9.06. The van der Waals surface area contributed by atoms with Gasteiger partial charge in [-0.3, -0.25) is 4.79 Å². The average molecular weight is 265 g/mol. The van der Waals surface area contributed by atoms with Crippen LogP contribution < -0.4 is 10.1 Å². The molecule has 0 heterocycles. The van der Waals surface area contributed by atoms with E-state index in [1.807, 2.05) is 24.3 Å². The third-order valence-corrected chi connectivity index (χ3v) is 2.88. The largest absolute Gasteiger partial charge is 0.496 e. The van der Waals surface area contributed by atoms with Crippen LogP contribution in [0.3, 0.4) is 0 Å². The lowest BCUT2D eigenvalue weighted by atomic mass is 10.0. The van der Waals surface area contributed by atoms with Gasteiger partial charge in [0.25, 0.3) is 0 Å². The molecule has 1 atom stereocenters. The Morgan fingerprint density at radius 2 is 2.05 bits per heavy atom. The highest BCUT2D eigenvalue weighted by molar-refractivity contribution is 5.79. The zero-order chi connectivity index (χ0) is 14.3. The van der Waals surface area contributed by atoms with E-state index in [0.29, 0.717) is 11.7 Å². The molecule has 1 rings (SSSR count). The van der Waals surface area contributed by atoms with Crippen molar-refractivity contribution < 1.29 is 14.6 Å². The first kappa shape index (κ1) is 15.5. The van der Waals surface area contributed by atoms with E-state index in [9.17, 15) is 9.90 Å². The Balaban J connectivity index is 2.59. The minimum atomic E-state index is -0.179. The molecule has 1 unspecified atom stereocenters. The zero-order valence-corrected chi connectivity index (χ0v) is 11.8. The standard InChI is InChI=1S/C15H23NO3/c1-11(2)8-13(10-17)16-15(18)9-12-6-4-5-7-14(12)19-3/h4-7,11,13,17H,8-10H2,1-3H3,(H,16,18). The number of carbonyl (C=O) groups is 1. The fourth-order valence-corrected chi connectivity index (χ4v) is 2.05. The topological polar surface area (TPSA) is 58.6 Å². The van der Waals surface area contributed by atoms with Crippen LogP contribution in [0.2, 0.25) is 0 Å². The quantitative estimate of drug-likeness (QED) is 0.790. The van der Waals surface area contributed by atoms with Crippen molar-refractivity contribution >= 4 is 5.91 Å². The molecule has 1 aromatic carbocycles. The molecule has 0 fully saturated rings. The minimum Gasteiger partial charge on any atom is -0.496 e. The molecule has 106 valence electrons. The van der Waals surface area contributed by atoms with Gasteiger partial charge in [-0.05, 0) is 18.4 Å². The van der Waals surface area contributed by atoms with Crippen LogP contribution in [-0.2, 0) is 11.2 Å². The van der Waals surface area contributed by atoms with Crippen molar-refractivity contribution in [2.45, 2.75) is 32.7 Å². The number of carbonyl (C=O) groups excluding carboxylic acids is 1. The molecule has 0 spiro atoms. The number of ether oxygens (including phenoxy) is 1. The van der Waals surface area contributed by atoms with Gasteiger partial charge in [-0.2, -0.15) is 0 Å². The SMILES string of the molecule is COc1ccccc1CC(=O)NC(CO)CC(C)C. The van der Waals surface area contributed by atoms with Gasteiger partial charge in [0, 0.05) is 5.56 Å². The molecule has 4 heteroatoms. The van der Waals surface area contributed by atoms with E-state index in [4.69, 9.17) is 4.74 Å². The van der Waals surface area contributed by atoms with Gasteiger partial charge in [-0.15, -0.1) is 0 Å². The number of nitrogens with one attached hydrogen (secondary N) is 1. The number of aliphatic hydroxyl groups is 1. The molecular weight excluding hydrogens is 242 g/mol. The number of amides is 1. The van der Waals surface area contributed by atoms with E-state index in [-0.39, 0.29) is 25.0 Å². The first-order valence-corrected chi connectivity index (χ1v) is 6.59. The van der Waals surface area contributed by atoms with Crippen LogP contribution in [0.15, 0.2) is 24.3 Å². The lowest BCUT2D eigenvalue weighted by Crippen LogP contribution is -2.39. The summed E-state index contributed by atoms with van der Waals surface area (Å²) in [6.45, 7) is 4.10. The van der Waals surface area contributed by atoms with Crippen LogP contribution in [0.25, 0.3) is 0 Å². The molecule has 0 aliphatic carbocycles. The summed E-state index contributed by atoms with van der Waals surface area (Å²) in [5.74, 6) is 1.05. The maximum Gasteiger partial charge on any atom is 0.224 e. The van der Waals surface area contributed by atoms with Gasteiger partial charge >= 0.3 is 0 Å². The molecular formula is C15H23NO3. The third kappa shape index (κ3) is 5.30. The summed E-state index contributed by atoms with van der Waals surface area (Å²) in [5.41, 5.74) is 0.851. The molecule has 0 aromatic heterocycles. The first-order valence-electron chi connectivity index (χ1n) is 6.59. The Bertz CT molecular complexity index is 404. The zero-order valence-electron chi connectivity index (χ0n) is 11.8. The van der Waals surface area contributed by atoms with Crippen LogP contribution in [0.1, 0.15) is 25.8 Å². The van der Waals surface area contributed by atoms with Crippen molar-refractivity contribution in [3.05, 3.63) is 29.8 Å². The summed E-state index contributed by atoms with van der Waals surface area (Å²) >= 11 is 0. The van der Waals surface area contributed by atoms with E-state index >= 15 is 0 Å². The molecule has 2 N–H and O–H groups in total. The van der Waals surface area contributed by atoms with Crippen LogP contribution in [0.4, 0.5) is 0 Å². The van der Waals surface area contributed by atoms with E-state index in [0.717, 1.165) is 12.0 Å². The van der Waals surface area contributed by atoms with E-state index < -0.39 is 0 Å². The summed E-state index contributed by atoms with van der Waals surface area (Å²) in [4.78, 5) is 12.0. The van der Waals surface area contributed by atoms with Gasteiger partial charge in [0.05, 0.1) is 26.2 Å². The second kappa shape index (κ2) is 7.79. The van der Waals surface area contributed by atoms with Gasteiger partial charge in [-0.25, -0.2) is 0 Å². The van der Waals surface area contributed by atoms with Crippen LogP contribution >= 0.6 is 0 Å². The van der Waals surface area contributed by atoms with E-state index in [2.05, 4.69) is 19.2 Å². The Kier molecular flexibility index (Phi) is 6.36. The summed E-state index contributed by atoms with van der Waals surface area (Å²) in [7, 11) is 1.59. The number of benzene rings is 1. The summed E-state index contributed by atoms with van der Waals surface area (Å²) in [6, 6.07) is 7.27. The molecule has 4 nitrogen and oxygen atoms in total. The van der Waals surface area contributed by atoms with E-state index in [1.165, 1.54) is 0 Å². The normalized spacial score (nSPS) is 12.3. The molecule has 0 saturated heterocycles. The van der Waals surface area contributed by atoms with Crippen molar-refractivity contribution in [1.82, 2.24) is 5.32 Å². The number of hydrogen-bond donors (Lipinski definition) is 2. The van der Waals surface area contributed by atoms with Crippen molar-refractivity contribution in [1.29, 1.82) is 0 Å². The Morgan fingerprint density at radius 1 is 1.37 bits per heavy atom. The molecule has 0 bridgehead atoms. The van der Waals surface area contributed by atoms with Crippen LogP contribution in [0.5, 0.6) is 5.75 Å². The van der Waals surface area contributed by atoms with Gasteiger partial charge in [0.15, 0.2) is 0 Å². The van der Waals surface area contributed by atoms with Crippen molar-refractivity contribution in [3.8, 4) is 5.75 Å². The molecule has 0 aliphatic rings. The van der Waals surface area contributed by atoms with Crippen molar-refractivity contribution in [2.24, 2.45) is 5.92 Å². The highest BCUT2D eigenvalue weighted by atomic mass is 16.5.